The molecular weight excluding hydrogens is 901 g/mol. The Labute approximate surface area is 419 Å². The maximum Gasteiger partial charge on any atom is 0.306 e. The number of carbonyl (C=O) groups excluding carboxylic acids is 2. The molecule has 15 nitrogen and oxygen atoms in total. The minimum absolute atomic E-state index is 0.135. The summed E-state index contributed by atoms with van der Waals surface area (Å²) in [5.41, 5.74) is 0. The van der Waals surface area contributed by atoms with E-state index in [0.717, 1.165) is 64.2 Å². The highest BCUT2D eigenvalue weighted by atomic mass is 16.7. The van der Waals surface area contributed by atoms with E-state index in [1.165, 1.54) is 57.8 Å². The first kappa shape index (κ1) is 63.1. The Kier molecular flexibility index (Phi) is 37.3. The van der Waals surface area contributed by atoms with Crippen molar-refractivity contribution in [1.82, 2.24) is 0 Å². The summed E-state index contributed by atoms with van der Waals surface area (Å²) in [6.45, 7) is 2.40. The van der Waals surface area contributed by atoms with Crippen LogP contribution in [0.25, 0.3) is 0 Å². The molecule has 0 spiro atoms. The Balaban J connectivity index is 1.83. The molecule has 0 aromatic carbocycles. The van der Waals surface area contributed by atoms with Crippen LogP contribution in [0.15, 0.2) is 72.9 Å². The van der Waals surface area contributed by atoms with E-state index in [-0.39, 0.29) is 19.4 Å². The zero-order valence-electron chi connectivity index (χ0n) is 42.5. The second kappa shape index (κ2) is 41.4. The van der Waals surface area contributed by atoms with Crippen LogP contribution in [0.2, 0.25) is 0 Å². The zero-order chi connectivity index (χ0) is 51.0. The van der Waals surface area contributed by atoms with E-state index < -0.39 is 99.3 Å². The predicted octanol–water partition coefficient (Wildman–Crippen LogP) is 7.82. The van der Waals surface area contributed by atoms with Crippen LogP contribution in [0, 0.1) is 0 Å². The standard InChI is InChI=1S/C55H92O15/c1-3-5-7-9-11-13-15-17-19-21-23-25-27-29-31-33-35-37-46(57)65-40-43(68-47(58)38-36-34-32-30-28-26-24-22-20-18-16-14-12-10-8-6-4-2)41-66-54-53(64)51(62)49(60)45(70-54)42-67-55-52(63)50(61)48(59)44(39-56)69-55/h5,7,11,13,17-20,23,25,29,31,43-45,48-56,59-64H,3-4,6,8-10,12,14-16,21-22,24,26-28,30,32-42H2,1-2H3/b7-5+,13-11+,19-17+,20-18+,25-23+,31-29+/t43-,44+,45+,48-,49-,50?,51?,52?,53?,54+,55+/m0/s1. The average molecular weight is 993 g/mol. The van der Waals surface area contributed by atoms with E-state index in [4.69, 9.17) is 28.4 Å². The number of unbranched alkanes of at least 4 members (excludes halogenated alkanes) is 14. The molecule has 0 aromatic heterocycles. The molecule has 0 amide bonds. The normalized spacial score (nSPS) is 26.0. The molecule has 11 atom stereocenters. The largest absolute Gasteiger partial charge is 0.462 e. The molecule has 0 saturated carbocycles. The second-order valence-electron chi connectivity index (χ2n) is 18.3. The van der Waals surface area contributed by atoms with Crippen molar-refractivity contribution < 1.29 is 73.8 Å². The number of carbonyl (C=O) groups is 2. The molecule has 2 fully saturated rings. The lowest BCUT2D eigenvalue weighted by Crippen LogP contribution is -2.61. The molecule has 2 saturated heterocycles. The van der Waals surface area contributed by atoms with Crippen LogP contribution < -0.4 is 0 Å². The van der Waals surface area contributed by atoms with Crippen LogP contribution in [0.3, 0.4) is 0 Å². The number of aliphatic hydroxyl groups excluding tert-OH is 7. The molecule has 0 bridgehead atoms. The molecule has 402 valence electrons. The van der Waals surface area contributed by atoms with Crippen LogP contribution in [-0.2, 0) is 38.0 Å². The van der Waals surface area contributed by atoms with E-state index in [1.54, 1.807) is 0 Å². The topological polar surface area (TPSA) is 231 Å². The van der Waals surface area contributed by atoms with Gasteiger partial charge in [-0.05, 0) is 77.0 Å². The molecule has 0 aromatic rings. The number of rotatable bonds is 40. The monoisotopic (exact) mass is 993 g/mol. The van der Waals surface area contributed by atoms with Gasteiger partial charge in [0.1, 0.15) is 55.4 Å². The maximum absolute atomic E-state index is 13.0. The summed E-state index contributed by atoms with van der Waals surface area (Å²) in [7, 11) is 0. The molecule has 0 radical (unpaired) electrons. The van der Waals surface area contributed by atoms with Crippen molar-refractivity contribution in [2.45, 2.75) is 235 Å². The molecule has 2 rings (SSSR count). The number of esters is 2. The fourth-order valence-electron chi connectivity index (χ4n) is 7.83. The first-order chi connectivity index (χ1) is 34.0. The van der Waals surface area contributed by atoms with Crippen molar-refractivity contribution >= 4 is 11.9 Å². The molecule has 2 heterocycles. The Morgan fingerprint density at radius 1 is 0.471 bits per heavy atom. The SMILES string of the molecule is CC/C=C/C/C=C/C/C=C/C/C=C/C/C=C/CCCC(=O)OC[C@@H](CO[C@@H]1O[C@H](CO[C@@H]2O[C@H](CO)[C@H](O)C(O)C2O)[C@H](O)C(O)C1O)OC(=O)CCCCCCCCC/C=C/CCCCCCCC. The van der Waals surface area contributed by atoms with E-state index >= 15 is 0 Å². The summed E-state index contributed by atoms with van der Waals surface area (Å²) in [5, 5.41) is 72.1. The lowest BCUT2D eigenvalue weighted by atomic mass is 9.98. The van der Waals surface area contributed by atoms with Crippen LogP contribution in [-0.4, -0.2) is 142 Å². The van der Waals surface area contributed by atoms with Gasteiger partial charge in [-0.2, -0.15) is 0 Å². The molecule has 0 aliphatic carbocycles. The number of hydrogen-bond acceptors (Lipinski definition) is 15. The Hall–Kier alpha value is -3.06. The van der Waals surface area contributed by atoms with Gasteiger partial charge in [-0.3, -0.25) is 9.59 Å². The van der Waals surface area contributed by atoms with Crippen molar-refractivity contribution in [3.63, 3.8) is 0 Å². The first-order valence-corrected chi connectivity index (χ1v) is 26.5. The van der Waals surface area contributed by atoms with Gasteiger partial charge >= 0.3 is 11.9 Å². The van der Waals surface area contributed by atoms with Gasteiger partial charge in [0, 0.05) is 12.8 Å². The van der Waals surface area contributed by atoms with Crippen LogP contribution in [0.4, 0.5) is 0 Å². The molecule has 15 heteroatoms. The number of ether oxygens (including phenoxy) is 6. The van der Waals surface area contributed by atoms with Gasteiger partial charge < -0.3 is 64.2 Å². The number of aliphatic hydroxyl groups is 7. The van der Waals surface area contributed by atoms with Crippen molar-refractivity contribution in [2.24, 2.45) is 0 Å². The Morgan fingerprint density at radius 3 is 1.47 bits per heavy atom. The van der Waals surface area contributed by atoms with Gasteiger partial charge in [-0.15, -0.1) is 0 Å². The summed E-state index contributed by atoms with van der Waals surface area (Å²) >= 11 is 0. The molecule has 2 aliphatic rings. The molecule has 4 unspecified atom stereocenters. The highest BCUT2D eigenvalue weighted by Crippen LogP contribution is 2.26. The summed E-state index contributed by atoms with van der Waals surface area (Å²) in [5.74, 6) is -1.00. The molecule has 7 N–H and O–H groups in total. The minimum Gasteiger partial charge on any atom is -0.462 e. The fourth-order valence-corrected chi connectivity index (χ4v) is 7.83. The quantitative estimate of drug-likeness (QED) is 0.0176. The highest BCUT2D eigenvalue weighted by Gasteiger charge is 2.47. The summed E-state index contributed by atoms with van der Waals surface area (Å²) in [6.07, 6.45) is 32.2. The highest BCUT2D eigenvalue weighted by molar-refractivity contribution is 5.70. The van der Waals surface area contributed by atoms with E-state index in [1.807, 2.05) is 12.2 Å². The van der Waals surface area contributed by atoms with Crippen molar-refractivity contribution in [3.8, 4) is 0 Å². The lowest BCUT2D eigenvalue weighted by molar-refractivity contribution is -0.332. The van der Waals surface area contributed by atoms with E-state index in [9.17, 15) is 45.3 Å². The second-order valence-corrected chi connectivity index (χ2v) is 18.3. The first-order valence-electron chi connectivity index (χ1n) is 26.5. The smallest absolute Gasteiger partial charge is 0.306 e. The van der Waals surface area contributed by atoms with E-state index in [2.05, 4.69) is 74.6 Å². The summed E-state index contributed by atoms with van der Waals surface area (Å²) in [4.78, 5) is 25.8. The third-order valence-electron chi connectivity index (χ3n) is 12.2. The Bertz CT molecular complexity index is 1490. The van der Waals surface area contributed by atoms with Gasteiger partial charge in [-0.1, -0.05) is 151 Å². The third-order valence-corrected chi connectivity index (χ3v) is 12.2. The van der Waals surface area contributed by atoms with Gasteiger partial charge in [-0.25, -0.2) is 0 Å². The molecule has 2 aliphatic heterocycles. The Morgan fingerprint density at radius 2 is 0.914 bits per heavy atom. The maximum atomic E-state index is 13.0. The predicted molar refractivity (Wildman–Crippen MR) is 270 cm³/mol. The van der Waals surface area contributed by atoms with Crippen LogP contribution >= 0.6 is 0 Å². The van der Waals surface area contributed by atoms with Crippen LogP contribution in [0.5, 0.6) is 0 Å². The summed E-state index contributed by atoms with van der Waals surface area (Å²) in [6, 6.07) is 0. The van der Waals surface area contributed by atoms with E-state index in [0.29, 0.717) is 19.3 Å². The fraction of sp³-hybridized carbons (Fsp3) is 0.745. The average Bonchev–Trinajstić information content (AvgIpc) is 3.35. The molecule has 70 heavy (non-hydrogen) atoms. The zero-order valence-corrected chi connectivity index (χ0v) is 42.5. The van der Waals surface area contributed by atoms with Crippen LogP contribution in [0.1, 0.15) is 168 Å². The minimum atomic E-state index is -1.78. The van der Waals surface area contributed by atoms with Gasteiger partial charge in [0.15, 0.2) is 18.7 Å². The van der Waals surface area contributed by atoms with Crippen molar-refractivity contribution in [3.05, 3.63) is 72.9 Å². The molecular formula is C55H92O15. The summed E-state index contributed by atoms with van der Waals surface area (Å²) < 4.78 is 33.5. The van der Waals surface area contributed by atoms with Gasteiger partial charge in [0.25, 0.3) is 0 Å². The third kappa shape index (κ3) is 28.8. The van der Waals surface area contributed by atoms with Gasteiger partial charge in [0.05, 0.1) is 19.8 Å². The lowest BCUT2D eigenvalue weighted by Gasteiger charge is -2.42. The van der Waals surface area contributed by atoms with Crippen molar-refractivity contribution in [2.75, 3.05) is 26.4 Å². The number of allylic oxidation sites excluding steroid dienone is 12. The van der Waals surface area contributed by atoms with Crippen molar-refractivity contribution in [1.29, 1.82) is 0 Å². The number of hydrogen-bond donors (Lipinski definition) is 7. The van der Waals surface area contributed by atoms with Gasteiger partial charge in [0.2, 0.25) is 0 Å².